The van der Waals surface area contributed by atoms with Gasteiger partial charge >= 0.3 is 6.18 Å². The van der Waals surface area contributed by atoms with E-state index in [0.717, 1.165) is 12.1 Å². The number of nitrogens with one attached hydrogen (secondary N) is 1. The summed E-state index contributed by atoms with van der Waals surface area (Å²) in [5, 5.41) is 8.28. The Morgan fingerprint density at radius 2 is 2.00 bits per heavy atom. The number of likely N-dealkylation sites (tertiary alicyclic amines) is 1. The molecule has 0 bridgehead atoms. The summed E-state index contributed by atoms with van der Waals surface area (Å²) < 4.78 is 45.9. The Morgan fingerprint density at radius 3 is 2.67 bits per heavy atom. The number of carbonyl (C=O) groups excluding carboxylic acids is 1. The molecule has 4 rings (SSSR count). The molecule has 3 aromatic rings. The van der Waals surface area contributed by atoms with E-state index in [1.165, 1.54) is 30.5 Å². The minimum atomic E-state index is -4.41. The lowest BCUT2D eigenvalue weighted by Gasteiger charge is -2.19. The summed E-state index contributed by atoms with van der Waals surface area (Å²) in [7, 11) is 0. The number of aromatic amines is 1. The van der Waals surface area contributed by atoms with Gasteiger partial charge < -0.3 is 14.6 Å². The Morgan fingerprint density at radius 1 is 1.24 bits per heavy atom. The molecule has 8 nitrogen and oxygen atoms in total. The number of H-pyrrole nitrogens is 1. The minimum Gasteiger partial charge on any atom is -0.369 e. The van der Waals surface area contributed by atoms with Crippen molar-refractivity contribution in [2.24, 2.45) is 0 Å². The Balaban J connectivity index is 1.52. The highest BCUT2D eigenvalue weighted by Gasteiger charge is 2.37. The molecule has 0 saturated carbocycles. The lowest BCUT2D eigenvalue weighted by Crippen LogP contribution is -2.28. The van der Waals surface area contributed by atoms with Crippen LogP contribution in [-0.4, -0.2) is 50.0 Å². The van der Waals surface area contributed by atoms with E-state index in [-0.39, 0.29) is 30.7 Å². The number of alkyl halides is 3. The van der Waals surface area contributed by atoms with Crippen molar-refractivity contribution in [1.29, 1.82) is 0 Å². The highest BCUT2D eigenvalue weighted by Crippen LogP contribution is 2.30. The first-order valence-electron chi connectivity index (χ1n) is 10.0. The Labute approximate surface area is 186 Å². The van der Waals surface area contributed by atoms with Crippen LogP contribution in [0.1, 0.15) is 17.2 Å². The molecule has 0 spiro atoms. The number of ether oxygens (including phenoxy) is 1. The van der Waals surface area contributed by atoms with E-state index in [2.05, 4.69) is 21.9 Å². The number of hydrogen-bond acceptors (Lipinski definition) is 5. The third-order valence-electron chi connectivity index (χ3n) is 5.39. The molecule has 0 unspecified atom stereocenters. The largest absolute Gasteiger partial charge is 0.416 e. The first-order chi connectivity index (χ1) is 15.7. The third-order valence-corrected chi connectivity index (χ3v) is 5.39. The van der Waals surface area contributed by atoms with Crippen LogP contribution in [0.2, 0.25) is 0 Å². The Hall–Kier alpha value is -3.73. The second-order valence-corrected chi connectivity index (χ2v) is 7.58. The summed E-state index contributed by atoms with van der Waals surface area (Å²) in [4.78, 5) is 27.8. The van der Waals surface area contributed by atoms with E-state index in [9.17, 15) is 22.8 Å². The molecule has 2 aromatic heterocycles. The van der Waals surface area contributed by atoms with E-state index in [1.807, 2.05) is 0 Å². The number of rotatable bonds is 6. The topological polar surface area (TPSA) is 93.1 Å². The maximum Gasteiger partial charge on any atom is 0.416 e. The average Bonchev–Trinajstić information content (AvgIpc) is 3.44. The number of nitrogens with zero attached hydrogens (tertiary/aromatic N) is 4. The molecule has 1 aliphatic heterocycles. The molecule has 33 heavy (non-hydrogen) atoms. The molecular formula is C22H20F3N5O3. The number of hydrogen-bond donors (Lipinski definition) is 1. The average molecular weight is 459 g/mol. The SMILES string of the molecule is C=CC(=O)N1C[C@@H](n2cc(-c3cc[nH]c(=O)c3)nn2)[C@H](OCc2ccc(C(F)(F)F)cc2)C1. The molecule has 3 heterocycles. The van der Waals surface area contributed by atoms with Crippen LogP contribution in [0.25, 0.3) is 11.3 Å². The van der Waals surface area contributed by atoms with E-state index in [4.69, 9.17) is 4.74 Å². The molecule has 2 atom stereocenters. The maximum absolute atomic E-state index is 12.8. The molecule has 1 fully saturated rings. The van der Waals surface area contributed by atoms with Crippen molar-refractivity contribution < 1.29 is 22.7 Å². The number of aromatic nitrogens is 4. The molecule has 0 radical (unpaired) electrons. The zero-order chi connectivity index (χ0) is 23.6. The minimum absolute atomic E-state index is 0.0606. The van der Waals surface area contributed by atoms with Crippen LogP contribution in [-0.2, 0) is 22.3 Å². The first-order valence-corrected chi connectivity index (χ1v) is 10.0. The molecule has 1 saturated heterocycles. The summed E-state index contributed by atoms with van der Waals surface area (Å²) >= 11 is 0. The van der Waals surface area contributed by atoms with Gasteiger partial charge in [0.2, 0.25) is 11.5 Å². The van der Waals surface area contributed by atoms with Crippen LogP contribution in [0.3, 0.4) is 0 Å². The zero-order valence-corrected chi connectivity index (χ0v) is 17.3. The first kappa shape index (κ1) is 22.5. The summed E-state index contributed by atoms with van der Waals surface area (Å²) in [6.45, 7) is 4.12. The molecule has 1 N–H and O–H groups in total. The van der Waals surface area contributed by atoms with Crippen molar-refractivity contribution in [3.63, 3.8) is 0 Å². The maximum atomic E-state index is 12.8. The second-order valence-electron chi connectivity index (χ2n) is 7.58. The molecule has 1 aliphatic rings. The molecule has 1 amide bonds. The predicted octanol–water partition coefficient (Wildman–Crippen LogP) is 2.81. The van der Waals surface area contributed by atoms with Crippen LogP contribution in [0, 0.1) is 0 Å². The molecule has 1 aromatic carbocycles. The third kappa shape index (κ3) is 5.03. The fourth-order valence-corrected chi connectivity index (χ4v) is 3.65. The number of pyridine rings is 1. The van der Waals surface area contributed by atoms with Gasteiger partial charge in [-0.3, -0.25) is 9.59 Å². The standard InChI is InChI=1S/C22H20F3N5O3/c1-2-21(32)29-11-18(30-10-17(27-28-30)15-7-8-26-20(31)9-15)19(12-29)33-13-14-3-5-16(6-4-14)22(23,24)25/h2-10,18-19H,1,11-13H2,(H,26,31)/t18-,19-/m1/s1. The monoisotopic (exact) mass is 459 g/mol. The van der Waals surface area contributed by atoms with Gasteiger partial charge in [-0.2, -0.15) is 13.2 Å². The lowest BCUT2D eigenvalue weighted by molar-refractivity contribution is -0.137. The fourth-order valence-electron chi connectivity index (χ4n) is 3.65. The summed E-state index contributed by atoms with van der Waals surface area (Å²) in [5.41, 5.74) is 0.629. The van der Waals surface area contributed by atoms with Crippen LogP contribution < -0.4 is 5.56 Å². The highest BCUT2D eigenvalue weighted by atomic mass is 19.4. The fraction of sp³-hybridized carbons (Fsp3) is 0.273. The van der Waals surface area contributed by atoms with Gasteiger partial charge in [0.25, 0.3) is 0 Å². The number of amides is 1. The van der Waals surface area contributed by atoms with Gasteiger partial charge in [-0.15, -0.1) is 5.10 Å². The van der Waals surface area contributed by atoms with Crippen LogP contribution in [0.4, 0.5) is 13.2 Å². The van der Waals surface area contributed by atoms with Gasteiger partial charge in [-0.25, -0.2) is 4.68 Å². The van der Waals surface area contributed by atoms with Crippen molar-refractivity contribution in [1.82, 2.24) is 24.9 Å². The molecular weight excluding hydrogens is 439 g/mol. The second kappa shape index (κ2) is 9.02. The van der Waals surface area contributed by atoms with Gasteiger partial charge in [-0.1, -0.05) is 23.9 Å². The van der Waals surface area contributed by atoms with E-state index < -0.39 is 17.8 Å². The highest BCUT2D eigenvalue weighted by molar-refractivity contribution is 5.87. The van der Waals surface area contributed by atoms with Crippen molar-refractivity contribution >= 4 is 5.91 Å². The quantitative estimate of drug-likeness (QED) is 0.573. The van der Waals surface area contributed by atoms with Gasteiger partial charge in [0, 0.05) is 30.9 Å². The van der Waals surface area contributed by atoms with Crippen molar-refractivity contribution in [2.45, 2.75) is 24.9 Å². The zero-order valence-electron chi connectivity index (χ0n) is 17.3. The number of halogens is 3. The van der Waals surface area contributed by atoms with Crippen LogP contribution >= 0.6 is 0 Å². The Kier molecular flexibility index (Phi) is 6.14. The van der Waals surface area contributed by atoms with Gasteiger partial charge in [0.15, 0.2) is 0 Å². The van der Waals surface area contributed by atoms with Gasteiger partial charge in [0.05, 0.1) is 30.5 Å². The lowest BCUT2D eigenvalue weighted by atomic mass is 10.1. The van der Waals surface area contributed by atoms with Gasteiger partial charge in [-0.05, 0) is 29.8 Å². The summed E-state index contributed by atoms with van der Waals surface area (Å²) in [5.74, 6) is -0.268. The molecule has 0 aliphatic carbocycles. The normalized spacial score (nSPS) is 18.5. The number of carbonyl (C=O) groups is 1. The van der Waals surface area contributed by atoms with Crippen molar-refractivity contribution in [3.8, 4) is 11.3 Å². The Bertz CT molecular complexity index is 1200. The van der Waals surface area contributed by atoms with Crippen molar-refractivity contribution in [2.75, 3.05) is 13.1 Å². The smallest absolute Gasteiger partial charge is 0.369 e. The number of benzene rings is 1. The molecule has 11 heteroatoms. The van der Waals surface area contributed by atoms with Crippen LogP contribution in [0.5, 0.6) is 0 Å². The van der Waals surface area contributed by atoms with E-state index >= 15 is 0 Å². The summed E-state index contributed by atoms with van der Waals surface area (Å²) in [6.07, 6.45) is -0.513. The van der Waals surface area contributed by atoms with E-state index in [0.29, 0.717) is 23.4 Å². The molecule has 172 valence electrons. The predicted molar refractivity (Wildman–Crippen MR) is 112 cm³/mol. The van der Waals surface area contributed by atoms with Gasteiger partial charge in [0.1, 0.15) is 5.69 Å². The van der Waals surface area contributed by atoms with Crippen LogP contribution in [0.15, 0.2) is 66.2 Å². The summed E-state index contributed by atoms with van der Waals surface area (Å²) in [6, 6.07) is 7.44. The van der Waals surface area contributed by atoms with Crippen molar-refractivity contribution in [3.05, 3.63) is 82.9 Å². The van der Waals surface area contributed by atoms with E-state index in [1.54, 1.807) is 21.8 Å².